The number of nitro benzene ring substituents is 1. The monoisotopic (exact) mass is 503 g/mol. The Labute approximate surface area is 214 Å². The third-order valence-corrected chi connectivity index (χ3v) is 7.53. The number of amides is 2. The van der Waals surface area contributed by atoms with E-state index in [0.717, 1.165) is 30.6 Å². The first-order valence-electron chi connectivity index (χ1n) is 12.4. The number of nitrogens with zero attached hydrogens (tertiary/aromatic N) is 3. The maximum absolute atomic E-state index is 13.2. The van der Waals surface area contributed by atoms with Crippen LogP contribution in [0.3, 0.4) is 0 Å². The number of rotatable bonds is 6. The highest BCUT2D eigenvalue weighted by Gasteiger charge is 2.43. The first-order chi connectivity index (χ1) is 17.8. The van der Waals surface area contributed by atoms with Crippen molar-refractivity contribution in [3.05, 3.63) is 82.1 Å². The van der Waals surface area contributed by atoms with Gasteiger partial charge in [0, 0.05) is 32.2 Å². The van der Waals surface area contributed by atoms with E-state index in [9.17, 15) is 19.7 Å². The van der Waals surface area contributed by atoms with E-state index in [2.05, 4.69) is 0 Å². The number of para-hydroxylation sites is 2. The Morgan fingerprint density at radius 1 is 0.973 bits per heavy atom. The molecular formula is C28H29N3O6. The number of nitro groups is 1. The van der Waals surface area contributed by atoms with Gasteiger partial charge in [-0.1, -0.05) is 30.3 Å². The molecule has 0 saturated carbocycles. The lowest BCUT2D eigenvalue weighted by Gasteiger charge is -2.39. The molecule has 3 aromatic rings. The van der Waals surface area contributed by atoms with E-state index in [1.54, 1.807) is 35.2 Å². The van der Waals surface area contributed by atoms with Crippen LogP contribution in [-0.4, -0.2) is 59.3 Å². The smallest absolute Gasteiger partial charge is 0.289 e. The molecule has 2 fully saturated rings. The molecule has 9 heteroatoms. The molecule has 0 unspecified atom stereocenters. The molecule has 2 amide bonds. The number of carbonyl (C=O) groups excluding carboxylic acids is 2. The van der Waals surface area contributed by atoms with Crippen LogP contribution in [0.25, 0.3) is 11.3 Å². The first-order valence-corrected chi connectivity index (χ1v) is 12.4. The zero-order chi connectivity index (χ0) is 26.0. The Kier molecular flexibility index (Phi) is 6.69. The van der Waals surface area contributed by atoms with Gasteiger partial charge >= 0.3 is 0 Å². The maximum atomic E-state index is 13.2. The standard InChI is InChI=1S/C28H29N3O6/c1-20-6-2-5-9-23(20)36-18-26(32)29-15-12-28(13-16-29)14-17-30(19-28)27(33)25-11-10-24(37-25)21-7-3-4-8-22(21)31(34)35/h2-11H,12-19H2,1H3. The van der Waals surface area contributed by atoms with E-state index in [4.69, 9.17) is 9.15 Å². The van der Waals surface area contributed by atoms with Gasteiger partial charge in [0.2, 0.25) is 0 Å². The van der Waals surface area contributed by atoms with Crippen molar-refractivity contribution in [3.8, 4) is 17.1 Å². The Morgan fingerprint density at radius 2 is 1.65 bits per heavy atom. The topological polar surface area (TPSA) is 106 Å². The van der Waals surface area contributed by atoms with Crippen LogP contribution in [0.15, 0.2) is 65.1 Å². The molecule has 2 aliphatic heterocycles. The number of hydrogen-bond acceptors (Lipinski definition) is 6. The SMILES string of the molecule is Cc1ccccc1OCC(=O)N1CCC2(CC1)CCN(C(=O)c1ccc(-c3ccccc3[N+](=O)[O-])o1)C2. The van der Waals surface area contributed by atoms with E-state index in [1.165, 1.54) is 6.07 Å². The third kappa shape index (κ3) is 5.07. The second-order valence-electron chi connectivity index (χ2n) is 9.85. The van der Waals surface area contributed by atoms with Crippen LogP contribution in [0.5, 0.6) is 5.75 Å². The Bertz CT molecular complexity index is 1320. The molecule has 0 aliphatic carbocycles. The average Bonchev–Trinajstić information content (AvgIpc) is 3.56. The highest BCUT2D eigenvalue weighted by Crippen LogP contribution is 2.41. The molecule has 0 radical (unpaired) electrons. The van der Waals surface area contributed by atoms with E-state index >= 15 is 0 Å². The van der Waals surface area contributed by atoms with Gasteiger partial charge in [0.05, 0.1) is 10.5 Å². The summed E-state index contributed by atoms with van der Waals surface area (Å²) < 4.78 is 11.5. The second kappa shape index (κ2) is 10.1. The zero-order valence-corrected chi connectivity index (χ0v) is 20.7. The minimum Gasteiger partial charge on any atom is -0.484 e. The number of likely N-dealkylation sites (tertiary alicyclic amines) is 2. The summed E-state index contributed by atoms with van der Waals surface area (Å²) in [5.41, 5.74) is 1.25. The molecule has 0 bridgehead atoms. The number of benzene rings is 2. The lowest BCUT2D eigenvalue weighted by atomic mass is 9.78. The van der Waals surface area contributed by atoms with Gasteiger partial charge in [0.25, 0.3) is 17.5 Å². The van der Waals surface area contributed by atoms with E-state index < -0.39 is 4.92 Å². The Balaban J connectivity index is 1.17. The molecule has 0 N–H and O–H groups in total. The quantitative estimate of drug-likeness (QED) is 0.357. The first kappa shape index (κ1) is 24.5. The van der Waals surface area contributed by atoms with Gasteiger partial charge in [0.1, 0.15) is 11.5 Å². The van der Waals surface area contributed by atoms with Crippen molar-refractivity contribution in [2.45, 2.75) is 26.2 Å². The lowest BCUT2D eigenvalue weighted by Crippen LogP contribution is -2.46. The van der Waals surface area contributed by atoms with E-state index in [1.807, 2.05) is 36.1 Å². The summed E-state index contributed by atoms with van der Waals surface area (Å²) >= 11 is 0. The van der Waals surface area contributed by atoms with Crippen molar-refractivity contribution in [2.24, 2.45) is 5.41 Å². The van der Waals surface area contributed by atoms with Gasteiger partial charge < -0.3 is 19.0 Å². The van der Waals surface area contributed by atoms with Gasteiger partial charge in [-0.15, -0.1) is 0 Å². The molecule has 1 spiro atoms. The fourth-order valence-electron chi connectivity index (χ4n) is 5.29. The Morgan fingerprint density at radius 3 is 2.38 bits per heavy atom. The molecule has 37 heavy (non-hydrogen) atoms. The Hall–Kier alpha value is -4.14. The van der Waals surface area contributed by atoms with Gasteiger partial charge in [0.15, 0.2) is 12.4 Å². The largest absolute Gasteiger partial charge is 0.484 e. The molecule has 0 atom stereocenters. The molecule has 5 rings (SSSR count). The van der Waals surface area contributed by atoms with Crippen molar-refractivity contribution < 1.29 is 23.7 Å². The van der Waals surface area contributed by atoms with E-state index in [0.29, 0.717) is 37.5 Å². The van der Waals surface area contributed by atoms with Crippen molar-refractivity contribution in [3.63, 3.8) is 0 Å². The van der Waals surface area contributed by atoms with Crippen LogP contribution < -0.4 is 4.74 Å². The fourth-order valence-corrected chi connectivity index (χ4v) is 5.29. The van der Waals surface area contributed by atoms with Crippen molar-refractivity contribution in [1.29, 1.82) is 0 Å². The molecular weight excluding hydrogens is 474 g/mol. The molecule has 2 aliphatic rings. The van der Waals surface area contributed by atoms with Crippen LogP contribution in [0, 0.1) is 22.5 Å². The van der Waals surface area contributed by atoms with Gasteiger partial charge in [-0.2, -0.15) is 0 Å². The molecule has 9 nitrogen and oxygen atoms in total. The summed E-state index contributed by atoms with van der Waals surface area (Å²) in [4.78, 5) is 40.4. The predicted molar refractivity (Wildman–Crippen MR) is 136 cm³/mol. The number of carbonyl (C=O) groups is 2. The summed E-state index contributed by atoms with van der Waals surface area (Å²) in [7, 11) is 0. The lowest BCUT2D eigenvalue weighted by molar-refractivity contribution is -0.384. The number of hydrogen-bond donors (Lipinski definition) is 0. The molecule has 1 aromatic heterocycles. The van der Waals surface area contributed by atoms with Crippen LogP contribution >= 0.6 is 0 Å². The van der Waals surface area contributed by atoms with Gasteiger partial charge in [-0.05, 0) is 61.4 Å². The predicted octanol–water partition coefficient (Wildman–Crippen LogP) is 4.70. The summed E-state index contributed by atoms with van der Waals surface area (Å²) in [6, 6.07) is 17.1. The second-order valence-corrected chi connectivity index (χ2v) is 9.85. The van der Waals surface area contributed by atoms with Crippen LogP contribution in [0.2, 0.25) is 0 Å². The van der Waals surface area contributed by atoms with Crippen molar-refractivity contribution in [1.82, 2.24) is 9.80 Å². The molecule has 2 aromatic carbocycles. The number of piperidine rings is 1. The zero-order valence-electron chi connectivity index (χ0n) is 20.7. The maximum Gasteiger partial charge on any atom is 0.289 e. The highest BCUT2D eigenvalue weighted by atomic mass is 16.6. The number of aryl methyl sites for hydroxylation is 1. The fraction of sp³-hybridized carbons (Fsp3) is 0.357. The van der Waals surface area contributed by atoms with Crippen LogP contribution in [-0.2, 0) is 4.79 Å². The summed E-state index contributed by atoms with van der Waals surface area (Å²) in [5.74, 6) is 0.946. The van der Waals surface area contributed by atoms with E-state index in [-0.39, 0.29) is 35.3 Å². The number of furan rings is 1. The van der Waals surface area contributed by atoms with Crippen LogP contribution in [0.4, 0.5) is 5.69 Å². The summed E-state index contributed by atoms with van der Waals surface area (Å²) in [6.45, 7) is 4.47. The van der Waals surface area contributed by atoms with Crippen molar-refractivity contribution in [2.75, 3.05) is 32.8 Å². The average molecular weight is 504 g/mol. The van der Waals surface area contributed by atoms with Crippen molar-refractivity contribution >= 4 is 17.5 Å². The highest BCUT2D eigenvalue weighted by molar-refractivity contribution is 5.92. The van der Waals surface area contributed by atoms with Gasteiger partial charge in [-0.25, -0.2) is 0 Å². The molecule has 3 heterocycles. The molecule has 192 valence electrons. The minimum atomic E-state index is -0.463. The summed E-state index contributed by atoms with van der Waals surface area (Å²) in [5, 5.41) is 11.4. The molecule has 2 saturated heterocycles. The third-order valence-electron chi connectivity index (χ3n) is 7.53. The van der Waals surface area contributed by atoms with Gasteiger partial charge in [-0.3, -0.25) is 19.7 Å². The minimum absolute atomic E-state index is 0.0167. The van der Waals surface area contributed by atoms with Crippen LogP contribution in [0.1, 0.15) is 35.4 Å². The summed E-state index contributed by atoms with van der Waals surface area (Å²) in [6.07, 6.45) is 2.53. The normalized spacial score (nSPS) is 16.7. The number of ether oxygens (including phenoxy) is 1.